The van der Waals surface area contributed by atoms with Crippen LogP contribution in [0.15, 0.2) is 65.8 Å². The van der Waals surface area contributed by atoms with Crippen LogP contribution in [0.25, 0.3) is 0 Å². The van der Waals surface area contributed by atoms with Crippen LogP contribution < -0.4 is 5.73 Å². The molecule has 0 radical (unpaired) electrons. The summed E-state index contributed by atoms with van der Waals surface area (Å²) in [6.07, 6.45) is -0.597. The van der Waals surface area contributed by atoms with Gasteiger partial charge < -0.3 is 14.4 Å². The van der Waals surface area contributed by atoms with Crippen LogP contribution in [-0.4, -0.2) is 73.2 Å². The summed E-state index contributed by atoms with van der Waals surface area (Å²) in [4.78, 5) is 28.5. The van der Waals surface area contributed by atoms with E-state index in [-0.39, 0.29) is 17.8 Å². The molecule has 2 aromatic carbocycles. The van der Waals surface area contributed by atoms with E-state index in [1.54, 1.807) is 16.6 Å². The first-order valence-electron chi connectivity index (χ1n) is 11.3. The Morgan fingerprint density at radius 3 is 2.39 bits per heavy atom. The number of ether oxygens (including phenoxy) is 2. The fourth-order valence-corrected chi connectivity index (χ4v) is 7.15. The zero-order valence-electron chi connectivity index (χ0n) is 19.8. The van der Waals surface area contributed by atoms with Crippen molar-refractivity contribution in [3.63, 3.8) is 0 Å². The Balaban J connectivity index is 1.45. The highest BCUT2D eigenvalue weighted by Crippen LogP contribution is 2.48. The number of aryl methyl sites for hydroxylation is 1. The molecule has 1 aromatic heterocycles. The van der Waals surface area contributed by atoms with Crippen molar-refractivity contribution in [2.75, 3.05) is 25.2 Å². The Kier molecular flexibility index (Phi) is 6.77. The number of thioether (sulfide) groups is 2. The van der Waals surface area contributed by atoms with Crippen LogP contribution in [0.4, 0.5) is 0 Å². The third-order valence-corrected chi connectivity index (χ3v) is 9.44. The average molecular weight is 527 g/mol. The molecule has 0 spiro atoms. The second-order valence-corrected chi connectivity index (χ2v) is 10.9. The van der Waals surface area contributed by atoms with Crippen LogP contribution in [0.3, 0.4) is 0 Å². The number of methoxy groups -OCH3 is 1. The molecule has 0 saturated carbocycles. The predicted octanol–water partition coefficient (Wildman–Crippen LogP) is 1.84. The number of carbonyl (C=O) groups is 2. The van der Waals surface area contributed by atoms with Crippen LogP contribution in [0.2, 0.25) is 0 Å². The minimum absolute atomic E-state index is 0.166. The number of esters is 1. The number of tetrazole rings is 1. The molecule has 2 N–H and O–H groups in total. The standard InChI is InChI=1S/C24H26N6O4S2/c1-29-22(26-27-28-29)36-15-23(13-30-19(31)24(25,33-2)20(30)35-14-23)21(32)34-18(16-9-5-3-6-10-16)17-11-7-4-8-12-17/h3-12,18,20H,13-15,25H2,1-2H3/t20-,23?,24?/m1/s1. The molecule has 188 valence electrons. The molecule has 10 nitrogen and oxygen atoms in total. The SMILES string of the molecule is COC1(N)C(=O)N2CC(CSc3nnnn3C)(C(=O)OC(c3ccccc3)c3ccccc3)CS[C@@H]21. The van der Waals surface area contributed by atoms with Gasteiger partial charge in [-0.05, 0) is 21.6 Å². The molecular formula is C24H26N6O4S2. The molecule has 0 bridgehead atoms. The molecular weight excluding hydrogens is 500 g/mol. The van der Waals surface area contributed by atoms with Crippen LogP contribution in [0.1, 0.15) is 17.2 Å². The monoisotopic (exact) mass is 526 g/mol. The Bertz CT molecular complexity index is 1210. The lowest BCUT2D eigenvalue weighted by molar-refractivity contribution is -0.191. The van der Waals surface area contributed by atoms with E-state index in [4.69, 9.17) is 15.2 Å². The summed E-state index contributed by atoms with van der Waals surface area (Å²) in [6.45, 7) is 0.166. The highest BCUT2D eigenvalue weighted by Gasteiger charge is 2.65. The summed E-state index contributed by atoms with van der Waals surface area (Å²) < 4.78 is 13.1. The summed E-state index contributed by atoms with van der Waals surface area (Å²) in [5.41, 5.74) is 5.52. The zero-order valence-corrected chi connectivity index (χ0v) is 21.4. The van der Waals surface area contributed by atoms with Crippen molar-refractivity contribution < 1.29 is 19.1 Å². The highest BCUT2D eigenvalue weighted by molar-refractivity contribution is 8.00. The number of benzene rings is 2. The first-order valence-corrected chi connectivity index (χ1v) is 13.3. The maximum atomic E-state index is 14.0. The van der Waals surface area contributed by atoms with Gasteiger partial charge in [-0.15, -0.1) is 16.9 Å². The lowest BCUT2D eigenvalue weighted by Gasteiger charge is -2.57. The van der Waals surface area contributed by atoms with Crippen molar-refractivity contribution in [1.82, 2.24) is 25.1 Å². The zero-order chi connectivity index (χ0) is 25.3. The van der Waals surface area contributed by atoms with E-state index in [0.717, 1.165) is 11.1 Å². The number of carbonyl (C=O) groups excluding carboxylic acids is 2. The van der Waals surface area contributed by atoms with Gasteiger partial charge in [0.1, 0.15) is 10.8 Å². The number of rotatable bonds is 8. The highest BCUT2D eigenvalue weighted by atomic mass is 32.2. The van der Waals surface area contributed by atoms with E-state index in [0.29, 0.717) is 16.7 Å². The first-order chi connectivity index (χ1) is 17.4. The maximum Gasteiger partial charge on any atom is 0.316 e. The van der Waals surface area contributed by atoms with Crippen LogP contribution >= 0.6 is 23.5 Å². The number of nitrogens with zero attached hydrogens (tertiary/aromatic N) is 5. The molecule has 3 atom stereocenters. The van der Waals surface area contributed by atoms with Gasteiger partial charge in [-0.3, -0.25) is 15.3 Å². The van der Waals surface area contributed by atoms with E-state index in [1.165, 1.54) is 30.6 Å². The van der Waals surface area contributed by atoms with Gasteiger partial charge in [0.15, 0.2) is 6.10 Å². The van der Waals surface area contributed by atoms with Gasteiger partial charge in [0.05, 0.1) is 0 Å². The van der Waals surface area contributed by atoms with Gasteiger partial charge >= 0.3 is 5.97 Å². The fourth-order valence-electron chi connectivity index (χ4n) is 4.40. The third-order valence-electron chi connectivity index (χ3n) is 6.49. The molecule has 12 heteroatoms. The van der Waals surface area contributed by atoms with Crippen molar-refractivity contribution in [3.8, 4) is 0 Å². The van der Waals surface area contributed by atoms with E-state index in [2.05, 4.69) is 15.5 Å². The molecule has 36 heavy (non-hydrogen) atoms. The van der Waals surface area contributed by atoms with E-state index in [1.807, 2.05) is 60.7 Å². The summed E-state index contributed by atoms with van der Waals surface area (Å²) in [5, 5.41) is 11.8. The van der Waals surface area contributed by atoms with Crippen molar-refractivity contribution in [3.05, 3.63) is 71.8 Å². The molecule has 5 rings (SSSR count). The smallest absolute Gasteiger partial charge is 0.316 e. The van der Waals surface area contributed by atoms with Gasteiger partial charge in [0.25, 0.3) is 5.91 Å². The number of hydrogen-bond acceptors (Lipinski definition) is 10. The van der Waals surface area contributed by atoms with Crippen molar-refractivity contribution >= 4 is 35.4 Å². The van der Waals surface area contributed by atoms with Crippen LogP contribution in [0, 0.1) is 5.41 Å². The van der Waals surface area contributed by atoms with Crippen LogP contribution in [0.5, 0.6) is 0 Å². The van der Waals surface area contributed by atoms with E-state index >= 15 is 0 Å². The Morgan fingerprint density at radius 1 is 1.19 bits per heavy atom. The molecule has 2 fully saturated rings. The Hall–Kier alpha value is -2.93. The second kappa shape index (κ2) is 9.85. The van der Waals surface area contributed by atoms with Gasteiger partial charge in [-0.25, -0.2) is 4.68 Å². The molecule has 2 saturated heterocycles. The topological polar surface area (TPSA) is 125 Å². The van der Waals surface area contributed by atoms with Crippen molar-refractivity contribution in [2.24, 2.45) is 18.2 Å². The van der Waals surface area contributed by atoms with Crippen molar-refractivity contribution in [2.45, 2.75) is 22.4 Å². The van der Waals surface area contributed by atoms with E-state index < -0.39 is 23.2 Å². The predicted molar refractivity (Wildman–Crippen MR) is 135 cm³/mol. The number of nitrogens with two attached hydrogens (primary N) is 1. The third kappa shape index (κ3) is 4.27. The number of fused-ring (bicyclic) bond motifs is 1. The average Bonchev–Trinajstić information content (AvgIpc) is 3.34. The normalized spacial score (nSPS) is 25.4. The largest absolute Gasteiger partial charge is 0.452 e. The summed E-state index contributed by atoms with van der Waals surface area (Å²) in [6, 6.07) is 19.2. The van der Waals surface area contributed by atoms with Gasteiger partial charge in [0.2, 0.25) is 10.9 Å². The summed E-state index contributed by atoms with van der Waals surface area (Å²) in [5.74, 6) is -0.0115. The maximum absolute atomic E-state index is 14.0. The number of amides is 1. The quantitative estimate of drug-likeness (QED) is 0.201. The minimum Gasteiger partial charge on any atom is -0.452 e. The fraction of sp³-hybridized carbons (Fsp3) is 0.375. The second-order valence-electron chi connectivity index (χ2n) is 8.85. The summed E-state index contributed by atoms with van der Waals surface area (Å²) >= 11 is 2.78. The van der Waals surface area contributed by atoms with Gasteiger partial charge in [0, 0.05) is 32.2 Å². The number of hydrogen-bond donors (Lipinski definition) is 1. The molecule has 3 heterocycles. The number of aromatic nitrogens is 4. The number of β-lactam (4-membered cyclic amide) rings is 1. The minimum atomic E-state index is -1.38. The van der Waals surface area contributed by atoms with Gasteiger partial charge in [-0.1, -0.05) is 72.4 Å². The molecule has 1 amide bonds. The van der Waals surface area contributed by atoms with E-state index in [9.17, 15) is 9.59 Å². The Labute approximate surface area is 216 Å². The molecule has 2 unspecified atom stereocenters. The summed E-state index contributed by atoms with van der Waals surface area (Å²) in [7, 11) is 3.16. The molecule has 3 aromatic rings. The molecule has 0 aliphatic carbocycles. The lowest BCUT2D eigenvalue weighted by atomic mass is 9.88. The van der Waals surface area contributed by atoms with Crippen LogP contribution in [-0.2, 0) is 26.1 Å². The first kappa shape index (κ1) is 24.8. The lowest BCUT2D eigenvalue weighted by Crippen LogP contribution is -2.81. The van der Waals surface area contributed by atoms with Gasteiger partial charge in [-0.2, -0.15) is 0 Å². The molecule has 2 aliphatic rings. The molecule has 2 aliphatic heterocycles. The Morgan fingerprint density at radius 2 is 1.83 bits per heavy atom. The van der Waals surface area contributed by atoms with Crippen molar-refractivity contribution in [1.29, 1.82) is 0 Å².